The van der Waals surface area contributed by atoms with Crippen LogP contribution in [0.5, 0.6) is 0 Å². The van der Waals surface area contributed by atoms with Crippen molar-refractivity contribution in [3.05, 3.63) is 89.2 Å². The summed E-state index contributed by atoms with van der Waals surface area (Å²) in [6.45, 7) is 5.52. The molecule has 134 valence electrons. The molecule has 0 bridgehead atoms. The van der Waals surface area contributed by atoms with Crippen LogP contribution in [0.15, 0.2) is 66.9 Å². The predicted octanol–water partition coefficient (Wildman–Crippen LogP) is 4.73. The fraction of sp³-hybridized carbons (Fsp3) is 0.227. The number of aromatic nitrogens is 1. The molecule has 0 saturated heterocycles. The second-order valence-corrected chi connectivity index (χ2v) is 6.41. The lowest BCUT2D eigenvalue weighted by Gasteiger charge is -2.13. The largest absolute Gasteiger partial charge is 0.345 e. The summed E-state index contributed by atoms with van der Waals surface area (Å²) in [5.41, 5.74) is 5.68. The van der Waals surface area contributed by atoms with Crippen molar-refractivity contribution in [3.63, 3.8) is 0 Å². The first-order valence-electron chi connectivity index (χ1n) is 8.98. The topological polar surface area (TPSA) is 46.1 Å². The molecule has 3 rings (SSSR count). The molecule has 0 radical (unpaired) electrons. The van der Waals surface area contributed by atoms with E-state index in [0.29, 0.717) is 6.54 Å². The fourth-order valence-corrected chi connectivity index (χ4v) is 2.91. The first-order chi connectivity index (χ1) is 12.7. The summed E-state index contributed by atoms with van der Waals surface area (Å²) >= 11 is 0. The zero-order valence-electron chi connectivity index (χ0n) is 15.3. The van der Waals surface area contributed by atoms with Gasteiger partial charge in [-0.2, -0.15) is 0 Å². The number of hydrogen-bond donors (Lipinski definition) is 2. The highest BCUT2D eigenvalue weighted by Gasteiger charge is 2.06. The summed E-state index contributed by atoms with van der Waals surface area (Å²) in [4.78, 5) is 12.2. The average molecular weight is 347 g/mol. The van der Waals surface area contributed by atoms with E-state index < -0.39 is 0 Å². The van der Waals surface area contributed by atoms with Gasteiger partial charge in [0.2, 0.25) is 0 Å². The zero-order chi connectivity index (χ0) is 18.4. The highest BCUT2D eigenvalue weighted by molar-refractivity contribution is 5.89. The molecule has 0 saturated carbocycles. The number of aryl methyl sites for hydroxylation is 2. The van der Waals surface area contributed by atoms with Gasteiger partial charge >= 0.3 is 6.03 Å². The SMILES string of the molecule is CCc1ccc(NC(=O)NCc2cccn2Cc2ccccc2C)cc1. The molecule has 2 amide bonds. The van der Waals surface area contributed by atoms with Crippen molar-refractivity contribution in [3.8, 4) is 0 Å². The number of benzene rings is 2. The van der Waals surface area contributed by atoms with Gasteiger partial charge < -0.3 is 15.2 Å². The lowest BCUT2D eigenvalue weighted by Crippen LogP contribution is -2.29. The Morgan fingerprint density at radius 1 is 1.00 bits per heavy atom. The maximum absolute atomic E-state index is 12.2. The van der Waals surface area contributed by atoms with Crippen LogP contribution in [-0.4, -0.2) is 10.6 Å². The summed E-state index contributed by atoms with van der Waals surface area (Å²) in [6, 6.07) is 20.1. The molecule has 0 unspecified atom stereocenters. The molecule has 0 atom stereocenters. The number of carbonyl (C=O) groups excluding carboxylic acids is 1. The van der Waals surface area contributed by atoms with E-state index in [0.717, 1.165) is 24.3 Å². The molecular weight excluding hydrogens is 322 g/mol. The van der Waals surface area contributed by atoms with Crippen molar-refractivity contribution in [2.45, 2.75) is 33.4 Å². The Kier molecular flexibility index (Phi) is 5.74. The molecule has 1 heterocycles. The number of anilines is 1. The second-order valence-electron chi connectivity index (χ2n) is 6.41. The van der Waals surface area contributed by atoms with E-state index in [2.05, 4.69) is 47.2 Å². The van der Waals surface area contributed by atoms with Crippen molar-refractivity contribution in [1.29, 1.82) is 0 Å². The minimum Gasteiger partial charge on any atom is -0.345 e. The van der Waals surface area contributed by atoms with E-state index in [1.54, 1.807) is 0 Å². The third-order valence-electron chi connectivity index (χ3n) is 4.58. The summed E-state index contributed by atoms with van der Waals surface area (Å²) in [6.07, 6.45) is 3.04. The van der Waals surface area contributed by atoms with Gasteiger partial charge in [0.25, 0.3) is 0 Å². The third kappa shape index (κ3) is 4.54. The molecule has 0 spiro atoms. The number of carbonyl (C=O) groups is 1. The van der Waals surface area contributed by atoms with E-state index in [9.17, 15) is 4.79 Å². The molecule has 4 nitrogen and oxygen atoms in total. The number of amides is 2. The molecule has 3 aromatic rings. The van der Waals surface area contributed by atoms with E-state index in [1.807, 2.05) is 48.7 Å². The van der Waals surface area contributed by atoms with Gasteiger partial charge in [-0.25, -0.2) is 4.79 Å². The van der Waals surface area contributed by atoms with Crippen LogP contribution < -0.4 is 10.6 Å². The van der Waals surface area contributed by atoms with Gasteiger partial charge in [-0.3, -0.25) is 0 Å². The lowest BCUT2D eigenvalue weighted by molar-refractivity contribution is 0.251. The van der Waals surface area contributed by atoms with Gasteiger partial charge in [0.05, 0.1) is 6.54 Å². The lowest BCUT2D eigenvalue weighted by atomic mass is 10.1. The zero-order valence-corrected chi connectivity index (χ0v) is 15.3. The molecule has 2 N–H and O–H groups in total. The number of nitrogens with zero attached hydrogens (tertiary/aromatic N) is 1. The quantitative estimate of drug-likeness (QED) is 0.665. The smallest absolute Gasteiger partial charge is 0.319 e. The van der Waals surface area contributed by atoms with Gasteiger partial charge in [0.1, 0.15) is 0 Å². The predicted molar refractivity (Wildman–Crippen MR) is 106 cm³/mol. The molecule has 0 aliphatic carbocycles. The Balaban J connectivity index is 1.57. The maximum atomic E-state index is 12.2. The van der Waals surface area contributed by atoms with E-state index in [1.165, 1.54) is 16.7 Å². The van der Waals surface area contributed by atoms with Crippen molar-refractivity contribution < 1.29 is 4.79 Å². The highest BCUT2D eigenvalue weighted by Crippen LogP contribution is 2.12. The summed E-state index contributed by atoms with van der Waals surface area (Å²) in [5, 5.41) is 5.81. The molecule has 0 aliphatic rings. The minimum atomic E-state index is -0.196. The van der Waals surface area contributed by atoms with E-state index in [-0.39, 0.29) is 6.03 Å². The first-order valence-corrected chi connectivity index (χ1v) is 8.98. The molecule has 2 aromatic carbocycles. The van der Waals surface area contributed by atoms with Gasteiger partial charge in [0, 0.05) is 24.1 Å². The Morgan fingerprint density at radius 2 is 1.77 bits per heavy atom. The van der Waals surface area contributed by atoms with Gasteiger partial charge in [-0.05, 0) is 54.3 Å². The maximum Gasteiger partial charge on any atom is 0.319 e. The molecule has 26 heavy (non-hydrogen) atoms. The van der Waals surface area contributed by atoms with Crippen LogP contribution in [-0.2, 0) is 19.5 Å². The summed E-state index contributed by atoms with van der Waals surface area (Å²) in [7, 11) is 0. The fourth-order valence-electron chi connectivity index (χ4n) is 2.91. The highest BCUT2D eigenvalue weighted by atomic mass is 16.2. The van der Waals surface area contributed by atoms with Crippen LogP contribution in [0, 0.1) is 6.92 Å². The summed E-state index contributed by atoms with van der Waals surface area (Å²) in [5.74, 6) is 0. The van der Waals surface area contributed by atoms with Crippen molar-refractivity contribution in [2.24, 2.45) is 0 Å². The monoisotopic (exact) mass is 347 g/mol. The van der Waals surface area contributed by atoms with Crippen LogP contribution in [0.1, 0.15) is 29.3 Å². The Labute approximate surface area is 154 Å². The first kappa shape index (κ1) is 17.8. The van der Waals surface area contributed by atoms with Gasteiger partial charge in [-0.1, -0.05) is 43.3 Å². The van der Waals surface area contributed by atoms with Crippen molar-refractivity contribution >= 4 is 11.7 Å². The average Bonchev–Trinajstić information content (AvgIpc) is 3.10. The number of rotatable bonds is 6. The normalized spacial score (nSPS) is 10.5. The van der Waals surface area contributed by atoms with Gasteiger partial charge in [0.15, 0.2) is 0 Å². The number of hydrogen-bond acceptors (Lipinski definition) is 1. The Bertz CT molecular complexity index is 865. The summed E-state index contributed by atoms with van der Waals surface area (Å²) < 4.78 is 2.17. The minimum absolute atomic E-state index is 0.196. The molecule has 4 heteroatoms. The van der Waals surface area contributed by atoms with Crippen LogP contribution >= 0.6 is 0 Å². The van der Waals surface area contributed by atoms with Gasteiger partial charge in [-0.15, -0.1) is 0 Å². The van der Waals surface area contributed by atoms with Crippen LogP contribution in [0.25, 0.3) is 0 Å². The standard InChI is InChI=1S/C22H25N3O/c1-3-18-10-12-20(13-11-18)24-22(26)23-15-21-9-6-14-25(21)16-19-8-5-4-7-17(19)2/h4-14H,3,15-16H2,1-2H3,(H2,23,24,26). The molecule has 1 aromatic heterocycles. The number of nitrogens with one attached hydrogen (secondary N) is 2. The van der Waals surface area contributed by atoms with Crippen molar-refractivity contribution in [2.75, 3.05) is 5.32 Å². The Hall–Kier alpha value is -3.01. The van der Waals surface area contributed by atoms with Crippen LogP contribution in [0.4, 0.5) is 10.5 Å². The van der Waals surface area contributed by atoms with Crippen LogP contribution in [0.2, 0.25) is 0 Å². The molecule has 0 aliphatic heterocycles. The Morgan fingerprint density at radius 3 is 2.50 bits per heavy atom. The third-order valence-corrected chi connectivity index (χ3v) is 4.58. The second kappa shape index (κ2) is 8.39. The van der Waals surface area contributed by atoms with Crippen molar-refractivity contribution in [1.82, 2.24) is 9.88 Å². The van der Waals surface area contributed by atoms with Crippen LogP contribution in [0.3, 0.4) is 0 Å². The van der Waals surface area contributed by atoms with E-state index in [4.69, 9.17) is 0 Å². The molecular formula is C22H25N3O. The molecule has 0 fully saturated rings. The number of urea groups is 1. The van der Waals surface area contributed by atoms with E-state index >= 15 is 0 Å².